The van der Waals surface area contributed by atoms with Crippen LogP contribution in [0.3, 0.4) is 0 Å². The van der Waals surface area contributed by atoms with Crippen LogP contribution < -0.4 is 19.9 Å². The molecule has 1 aliphatic heterocycles. The molecule has 0 radical (unpaired) electrons. The summed E-state index contributed by atoms with van der Waals surface area (Å²) in [6, 6.07) is 12.2. The zero-order chi connectivity index (χ0) is 29.9. The minimum absolute atomic E-state index is 0.0667. The van der Waals surface area contributed by atoms with Crippen LogP contribution in [0, 0.1) is 0 Å². The van der Waals surface area contributed by atoms with Gasteiger partial charge in [-0.1, -0.05) is 29.8 Å². The van der Waals surface area contributed by atoms with Crippen molar-refractivity contribution in [3.63, 3.8) is 0 Å². The summed E-state index contributed by atoms with van der Waals surface area (Å²) in [6.07, 6.45) is 0.233. The van der Waals surface area contributed by atoms with Crippen LogP contribution in [0.4, 0.5) is 18.9 Å². The Balaban J connectivity index is 1.31. The normalized spacial score (nSPS) is 17.0. The third-order valence-corrected chi connectivity index (χ3v) is 10.7. The number of hydrogen-bond acceptors (Lipinski definition) is 8. The maximum Gasteiger partial charge on any atom is 0.573 e. The Kier molecular flexibility index (Phi) is 9.26. The van der Waals surface area contributed by atoms with Crippen LogP contribution in [0.25, 0.3) is 5.69 Å². The van der Waals surface area contributed by atoms with Gasteiger partial charge in [0.15, 0.2) is 0 Å². The minimum atomic E-state index is -4.89. The summed E-state index contributed by atoms with van der Waals surface area (Å²) in [5.41, 5.74) is 0.536. The number of para-hydroxylation sites is 1. The lowest BCUT2D eigenvalue weighted by Crippen LogP contribution is -2.49. The van der Waals surface area contributed by atoms with Gasteiger partial charge in [-0.15, -0.1) is 24.9 Å². The van der Waals surface area contributed by atoms with Gasteiger partial charge in [0, 0.05) is 31.2 Å². The first-order chi connectivity index (χ1) is 20.0. The van der Waals surface area contributed by atoms with Gasteiger partial charge in [-0.05, 0) is 56.0 Å². The van der Waals surface area contributed by atoms with Gasteiger partial charge >= 0.3 is 11.9 Å². The van der Waals surface area contributed by atoms with E-state index in [4.69, 9.17) is 16.3 Å². The molecule has 42 heavy (non-hydrogen) atoms. The Morgan fingerprint density at radius 3 is 2.43 bits per heavy atom. The summed E-state index contributed by atoms with van der Waals surface area (Å²) in [5, 5.41) is 4.36. The predicted octanol–water partition coefficient (Wildman–Crippen LogP) is 5.31. The van der Waals surface area contributed by atoms with Crippen LogP contribution in [-0.4, -0.2) is 66.2 Å². The van der Waals surface area contributed by atoms with E-state index >= 15 is 0 Å². The van der Waals surface area contributed by atoms with E-state index in [9.17, 15) is 26.4 Å². The second kappa shape index (κ2) is 12.7. The number of benzene rings is 2. The topological polar surface area (TPSA) is 94.0 Å². The van der Waals surface area contributed by atoms with Gasteiger partial charge in [0.1, 0.15) is 16.5 Å². The number of piperazine rings is 1. The summed E-state index contributed by atoms with van der Waals surface area (Å²) in [4.78, 5) is 15.5. The lowest BCUT2D eigenvalue weighted by Gasteiger charge is -2.36. The van der Waals surface area contributed by atoms with Crippen LogP contribution in [-0.2, 0) is 10.0 Å². The Morgan fingerprint density at radius 2 is 1.74 bits per heavy atom. The summed E-state index contributed by atoms with van der Waals surface area (Å²) in [6.45, 7) is 0.760. The monoisotopic (exact) mass is 644 g/mol. The Hall–Kier alpha value is -2.94. The van der Waals surface area contributed by atoms with Crippen molar-refractivity contribution in [1.82, 2.24) is 14.1 Å². The van der Waals surface area contributed by atoms with Gasteiger partial charge < -0.3 is 14.4 Å². The number of halogens is 4. The SMILES string of the molecule is O=c1c(OC2CCCC2)c(N2CCN(S(=O)(=O)CSc3ccccc3OC(F)(F)F)CC2)cnn1-c1cccc(Cl)c1. The van der Waals surface area contributed by atoms with Crippen LogP contribution in [0.1, 0.15) is 25.7 Å². The van der Waals surface area contributed by atoms with Crippen LogP contribution >= 0.6 is 23.4 Å². The highest BCUT2D eigenvalue weighted by Crippen LogP contribution is 2.35. The number of alkyl halides is 3. The van der Waals surface area contributed by atoms with Crippen LogP contribution in [0.5, 0.6) is 11.5 Å². The second-order valence-electron chi connectivity index (χ2n) is 9.83. The van der Waals surface area contributed by atoms with Gasteiger partial charge in [0.05, 0.1) is 22.9 Å². The van der Waals surface area contributed by atoms with Crippen molar-refractivity contribution in [3.05, 3.63) is 70.1 Å². The largest absolute Gasteiger partial charge is 0.573 e. The molecular weight excluding hydrogens is 617 g/mol. The number of ether oxygens (including phenoxy) is 2. The number of rotatable bonds is 9. The van der Waals surface area contributed by atoms with E-state index in [1.54, 1.807) is 30.5 Å². The van der Waals surface area contributed by atoms with Crippen LogP contribution in [0.15, 0.2) is 64.4 Å². The van der Waals surface area contributed by atoms with E-state index in [-0.39, 0.29) is 42.9 Å². The molecular formula is C27H28ClF3N4O5S2. The molecule has 15 heteroatoms. The first-order valence-electron chi connectivity index (χ1n) is 13.3. The molecule has 2 aliphatic rings. The van der Waals surface area contributed by atoms with Crippen LogP contribution in [0.2, 0.25) is 5.02 Å². The molecule has 0 atom stereocenters. The molecule has 1 saturated carbocycles. The molecule has 1 aromatic heterocycles. The lowest BCUT2D eigenvalue weighted by atomic mass is 10.2. The summed E-state index contributed by atoms with van der Waals surface area (Å²) < 4.78 is 77.3. The van der Waals surface area contributed by atoms with E-state index in [0.717, 1.165) is 43.5 Å². The molecule has 2 heterocycles. The standard InChI is InChI=1S/C27H28ClF3N4O5S2/c28-19-6-5-7-20(16-19)35-26(36)25(39-21-8-1-2-9-21)22(17-32-35)33-12-14-34(15-13-33)42(37,38)18-41-24-11-4-3-10-23(24)40-27(29,30)31/h3-7,10-11,16-17,21H,1-2,8-9,12-15,18H2. The lowest BCUT2D eigenvalue weighted by molar-refractivity contribution is -0.275. The maximum atomic E-state index is 13.6. The van der Waals surface area contributed by atoms with Gasteiger partial charge in [0.25, 0.3) is 0 Å². The van der Waals surface area contributed by atoms with Crippen molar-refractivity contribution in [2.75, 3.05) is 36.2 Å². The zero-order valence-electron chi connectivity index (χ0n) is 22.3. The Labute approximate surface area is 250 Å². The molecule has 226 valence electrons. The smallest absolute Gasteiger partial charge is 0.483 e. The third-order valence-electron chi connectivity index (χ3n) is 6.97. The van der Waals surface area contributed by atoms with Crippen molar-refractivity contribution < 1.29 is 31.1 Å². The van der Waals surface area contributed by atoms with Crippen molar-refractivity contribution in [1.29, 1.82) is 0 Å². The van der Waals surface area contributed by atoms with Crippen molar-refractivity contribution in [2.45, 2.75) is 43.0 Å². The molecule has 0 spiro atoms. The first kappa shape index (κ1) is 30.5. The van der Waals surface area contributed by atoms with Gasteiger partial charge in [-0.25, -0.2) is 8.42 Å². The molecule has 9 nitrogen and oxygen atoms in total. The van der Waals surface area contributed by atoms with Crippen molar-refractivity contribution >= 4 is 39.1 Å². The average Bonchev–Trinajstić information content (AvgIpc) is 3.46. The van der Waals surface area contributed by atoms with E-state index in [1.165, 1.54) is 27.2 Å². The maximum absolute atomic E-state index is 13.6. The summed E-state index contributed by atoms with van der Waals surface area (Å²) in [7, 11) is -3.82. The quantitative estimate of drug-likeness (QED) is 0.290. The molecule has 0 bridgehead atoms. The van der Waals surface area contributed by atoms with Gasteiger partial charge in [0.2, 0.25) is 15.8 Å². The van der Waals surface area contributed by atoms with E-state index in [0.29, 0.717) is 16.4 Å². The Morgan fingerprint density at radius 1 is 1.02 bits per heavy atom. The highest BCUT2D eigenvalue weighted by Gasteiger charge is 2.33. The zero-order valence-corrected chi connectivity index (χ0v) is 24.7. The first-order valence-corrected chi connectivity index (χ1v) is 16.2. The van der Waals surface area contributed by atoms with E-state index in [2.05, 4.69) is 9.84 Å². The van der Waals surface area contributed by atoms with Crippen molar-refractivity contribution in [2.24, 2.45) is 0 Å². The molecule has 5 rings (SSSR count). The molecule has 0 unspecified atom stereocenters. The molecule has 2 aromatic carbocycles. The fourth-order valence-electron chi connectivity index (χ4n) is 4.93. The number of sulfonamides is 1. The number of thioether (sulfide) groups is 1. The number of anilines is 1. The highest BCUT2D eigenvalue weighted by atomic mass is 35.5. The fraction of sp³-hybridized carbons (Fsp3) is 0.407. The molecule has 1 aliphatic carbocycles. The minimum Gasteiger partial charge on any atom is -0.483 e. The molecule has 1 saturated heterocycles. The summed E-state index contributed by atoms with van der Waals surface area (Å²) in [5.74, 6) is -0.296. The average molecular weight is 645 g/mol. The number of nitrogens with zero attached hydrogens (tertiary/aromatic N) is 4. The number of hydrogen-bond donors (Lipinski definition) is 0. The summed E-state index contributed by atoms with van der Waals surface area (Å²) >= 11 is 6.89. The second-order valence-corrected chi connectivity index (χ2v) is 13.6. The van der Waals surface area contributed by atoms with E-state index < -0.39 is 32.8 Å². The van der Waals surface area contributed by atoms with Gasteiger partial charge in [-0.3, -0.25) is 4.79 Å². The van der Waals surface area contributed by atoms with Crippen molar-refractivity contribution in [3.8, 4) is 17.2 Å². The van der Waals surface area contributed by atoms with Gasteiger partial charge in [-0.2, -0.15) is 14.1 Å². The molecule has 3 aromatic rings. The number of aromatic nitrogens is 2. The molecule has 0 amide bonds. The van der Waals surface area contributed by atoms with E-state index in [1.807, 2.05) is 4.90 Å². The molecule has 2 fully saturated rings. The Bertz CT molecular complexity index is 1570. The predicted molar refractivity (Wildman–Crippen MR) is 154 cm³/mol. The third kappa shape index (κ3) is 7.33. The highest BCUT2D eigenvalue weighted by molar-refractivity contribution is 8.11. The molecule has 0 N–H and O–H groups in total. The fourth-order valence-corrected chi connectivity index (χ4v) is 7.96.